The summed E-state index contributed by atoms with van der Waals surface area (Å²) >= 11 is 1.02. The Morgan fingerprint density at radius 2 is 1.80 bits per heavy atom. The number of anilines is 1. The van der Waals surface area contributed by atoms with Crippen molar-refractivity contribution in [2.75, 3.05) is 12.4 Å². The molecule has 158 valence electrons. The normalized spacial score (nSPS) is 19.7. The standard InChI is InChI=1S/C22H21F2NO4S/c1-29-15-7-5-3-2-4-6-13(8-15)14-9-18(23)20(19(24)10-14)25-21(26)16-11-30-12-17(16)22(27)28/h2-3,8-12,15H,4-7H2,1H3,(H,25,26)(H,27,28)/b3-2-,13-8+. The van der Waals surface area contributed by atoms with Gasteiger partial charge in [-0.15, -0.1) is 0 Å². The van der Waals surface area contributed by atoms with Crippen LogP contribution in [0.2, 0.25) is 0 Å². The van der Waals surface area contributed by atoms with Crippen LogP contribution in [0.15, 0.2) is 41.1 Å². The first-order chi connectivity index (χ1) is 14.4. The number of carboxylic acid groups (broad SMARTS) is 1. The first-order valence-electron chi connectivity index (χ1n) is 9.39. The number of hydrogen-bond donors (Lipinski definition) is 2. The number of carbonyl (C=O) groups excluding carboxylic acids is 1. The summed E-state index contributed by atoms with van der Waals surface area (Å²) in [6.07, 6.45) is 8.77. The third-order valence-corrected chi connectivity index (χ3v) is 5.59. The lowest BCUT2D eigenvalue weighted by Gasteiger charge is -2.15. The highest BCUT2D eigenvalue weighted by Crippen LogP contribution is 2.30. The van der Waals surface area contributed by atoms with Gasteiger partial charge in [0.15, 0.2) is 0 Å². The fraction of sp³-hybridized carbons (Fsp3) is 0.273. The van der Waals surface area contributed by atoms with Gasteiger partial charge in [-0.05, 0) is 49.0 Å². The molecule has 0 fully saturated rings. The van der Waals surface area contributed by atoms with Crippen molar-refractivity contribution in [3.63, 3.8) is 0 Å². The van der Waals surface area contributed by atoms with E-state index in [4.69, 9.17) is 9.84 Å². The Morgan fingerprint density at radius 1 is 1.13 bits per heavy atom. The maximum Gasteiger partial charge on any atom is 0.337 e. The van der Waals surface area contributed by atoms with E-state index in [1.54, 1.807) is 7.11 Å². The Kier molecular flexibility index (Phi) is 7.12. The number of allylic oxidation sites excluding steroid dienone is 3. The molecule has 8 heteroatoms. The van der Waals surface area contributed by atoms with Crippen LogP contribution < -0.4 is 5.32 Å². The first-order valence-corrected chi connectivity index (χ1v) is 10.3. The zero-order chi connectivity index (χ0) is 21.7. The summed E-state index contributed by atoms with van der Waals surface area (Å²) in [6, 6.07) is 2.34. The van der Waals surface area contributed by atoms with Gasteiger partial charge in [-0.2, -0.15) is 11.3 Å². The highest BCUT2D eigenvalue weighted by Gasteiger charge is 2.21. The van der Waals surface area contributed by atoms with Crippen LogP contribution in [0.4, 0.5) is 14.5 Å². The molecule has 1 atom stereocenters. The highest BCUT2D eigenvalue weighted by molar-refractivity contribution is 7.08. The van der Waals surface area contributed by atoms with Gasteiger partial charge in [-0.25, -0.2) is 13.6 Å². The second kappa shape index (κ2) is 9.77. The van der Waals surface area contributed by atoms with Crippen molar-refractivity contribution < 1.29 is 28.2 Å². The molecule has 1 aromatic carbocycles. The number of carbonyl (C=O) groups is 2. The summed E-state index contributed by atoms with van der Waals surface area (Å²) in [5.41, 5.74) is 0.156. The molecule has 1 aliphatic rings. The lowest BCUT2D eigenvalue weighted by molar-refractivity contribution is 0.0693. The van der Waals surface area contributed by atoms with Crippen LogP contribution in [0.3, 0.4) is 0 Å². The number of halogens is 2. The Morgan fingerprint density at radius 3 is 2.47 bits per heavy atom. The maximum absolute atomic E-state index is 14.7. The number of amides is 1. The van der Waals surface area contributed by atoms with Crippen LogP contribution in [-0.2, 0) is 4.74 Å². The Bertz CT molecular complexity index is 989. The van der Waals surface area contributed by atoms with Gasteiger partial charge in [-0.3, -0.25) is 4.79 Å². The average Bonchev–Trinajstić information content (AvgIpc) is 3.23. The van der Waals surface area contributed by atoms with Gasteiger partial charge in [-0.1, -0.05) is 18.2 Å². The quantitative estimate of drug-likeness (QED) is 0.610. The van der Waals surface area contributed by atoms with Gasteiger partial charge >= 0.3 is 5.97 Å². The molecule has 1 aliphatic carbocycles. The molecule has 0 aliphatic heterocycles. The van der Waals surface area contributed by atoms with E-state index in [1.165, 1.54) is 22.9 Å². The van der Waals surface area contributed by atoms with Gasteiger partial charge in [0.2, 0.25) is 0 Å². The fourth-order valence-corrected chi connectivity index (χ4v) is 4.05. The highest BCUT2D eigenvalue weighted by atomic mass is 32.1. The van der Waals surface area contributed by atoms with Crippen LogP contribution in [0.25, 0.3) is 5.57 Å². The summed E-state index contributed by atoms with van der Waals surface area (Å²) in [5.74, 6) is -4.04. The van der Waals surface area contributed by atoms with Crippen LogP contribution >= 0.6 is 11.3 Å². The van der Waals surface area contributed by atoms with Crippen molar-refractivity contribution in [1.82, 2.24) is 0 Å². The number of ether oxygens (including phenoxy) is 1. The van der Waals surface area contributed by atoms with Crippen molar-refractivity contribution in [3.05, 3.63) is 69.4 Å². The predicted molar refractivity (Wildman–Crippen MR) is 112 cm³/mol. The van der Waals surface area contributed by atoms with Gasteiger partial charge in [0.1, 0.15) is 17.3 Å². The van der Waals surface area contributed by atoms with Crippen LogP contribution in [-0.4, -0.2) is 30.2 Å². The third-order valence-electron chi connectivity index (χ3n) is 4.84. The Balaban J connectivity index is 1.89. The van der Waals surface area contributed by atoms with Crippen molar-refractivity contribution in [3.8, 4) is 0 Å². The predicted octanol–water partition coefficient (Wildman–Crippen LogP) is 5.51. The number of rotatable bonds is 5. The summed E-state index contributed by atoms with van der Waals surface area (Å²) < 4.78 is 34.9. The van der Waals surface area contributed by atoms with Crippen molar-refractivity contribution in [2.45, 2.75) is 31.8 Å². The molecule has 30 heavy (non-hydrogen) atoms. The molecule has 1 heterocycles. The minimum absolute atomic E-state index is 0.149. The van der Waals surface area contributed by atoms with E-state index in [0.717, 1.165) is 36.2 Å². The second-order valence-corrected chi connectivity index (χ2v) is 7.57. The summed E-state index contributed by atoms with van der Waals surface area (Å²) in [7, 11) is 1.59. The molecule has 2 N–H and O–H groups in total. The zero-order valence-electron chi connectivity index (χ0n) is 16.3. The molecule has 0 saturated heterocycles. The first kappa shape index (κ1) is 21.9. The van der Waals surface area contributed by atoms with Gasteiger partial charge in [0.05, 0.1) is 17.2 Å². The monoisotopic (exact) mass is 433 g/mol. The molecular formula is C22H21F2NO4S. The summed E-state index contributed by atoms with van der Waals surface area (Å²) in [4.78, 5) is 23.5. The molecule has 0 spiro atoms. The smallest absolute Gasteiger partial charge is 0.337 e. The molecule has 1 aromatic heterocycles. The number of carboxylic acids is 1. The second-order valence-electron chi connectivity index (χ2n) is 6.83. The Labute approximate surface area is 176 Å². The molecule has 1 unspecified atom stereocenters. The van der Waals surface area contributed by atoms with E-state index < -0.39 is 29.2 Å². The maximum atomic E-state index is 14.7. The topological polar surface area (TPSA) is 75.6 Å². The fourth-order valence-electron chi connectivity index (χ4n) is 3.25. The molecule has 0 bridgehead atoms. The van der Waals surface area contributed by atoms with E-state index in [-0.39, 0.29) is 17.2 Å². The van der Waals surface area contributed by atoms with Gasteiger partial charge in [0.25, 0.3) is 5.91 Å². The molecule has 0 radical (unpaired) electrons. The van der Waals surface area contributed by atoms with E-state index in [1.807, 2.05) is 12.2 Å². The molecule has 0 saturated carbocycles. The lowest BCUT2D eigenvalue weighted by Crippen LogP contribution is -2.17. The van der Waals surface area contributed by atoms with Crippen molar-refractivity contribution >= 4 is 34.5 Å². The minimum atomic E-state index is -1.29. The molecule has 3 rings (SSSR count). The lowest BCUT2D eigenvalue weighted by atomic mass is 9.98. The minimum Gasteiger partial charge on any atom is -0.478 e. The van der Waals surface area contributed by atoms with Crippen LogP contribution in [0, 0.1) is 11.6 Å². The number of hydrogen-bond acceptors (Lipinski definition) is 4. The summed E-state index contributed by atoms with van der Waals surface area (Å²) in [5, 5.41) is 13.9. The number of benzene rings is 1. The van der Waals surface area contributed by atoms with E-state index in [0.29, 0.717) is 12.0 Å². The van der Waals surface area contributed by atoms with E-state index >= 15 is 0 Å². The number of methoxy groups -OCH3 is 1. The van der Waals surface area contributed by atoms with Gasteiger partial charge < -0.3 is 15.2 Å². The Hall–Kier alpha value is -2.84. The van der Waals surface area contributed by atoms with Crippen LogP contribution in [0.5, 0.6) is 0 Å². The molecular weight excluding hydrogens is 412 g/mol. The van der Waals surface area contributed by atoms with Crippen molar-refractivity contribution in [1.29, 1.82) is 0 Å². The van der Waals surface area contributed by atoms with E-state index in [9.17, 15) is 18.4 Å². The number of thiophene rings is 1. The SMILES string of the molecule is COC1/C=C(/c2cc(F)c(NC(=O)c3cscc3C(=O)O)c(F)c2)CC/C=C\CC1. The van der Waals surface area contributed by atoms with E-state index in [2.05, 4.69) is 11.4 Å². The average molecular weight is 433 g/mol. The molecule has 1 amide bonds. The number of nitrogens with one attached hydrogen (secondary N) is 1. The summed E-state index contributed by atoms with van der Waals surface area (Å²) in [6.45, 7) is 0. The third kappa shape index (κ3) is 5.01. The number of aromatic carboxylic acids is 1. The zero-order valence-corrected chi connectivity index (χ0v) is 17.1. The molecule has 5 nitrogen and oxygen atoms in total. The van der Waals surface area contributed by atoms with Crippen LogP contribution in [0.1, 0.15) is 52.0 Å². The van der Waals surface area contributed by atoms with Gasteiger partial charge in [0, 0.05) is 17.9 Å². The van der Waals surface area contributed by atoms with Crippen molar-refractivity contribution in [2.24, 2.45) is 0 Å². The molecule has 2 aromatic rings. The largest absolute Gasteiger partial charge is 0.478 e.